The minimum atomic E-state index is -1.05. The van der Waals surface area contributed by atoms with E-state index in [1.54, 1.807) is 51.7 Å². The highest BCUT2D eigenvalue weighted by Gasteiger charge is 2.23. The van der Waals surface area contributed by atoms with Crippen LogP contribution in [-0.4, -0.2) is 44.5 Å². The summed E-state index contributed by atoms with van der Waals surface area (Å²) in [7, 11) is 6.16. The van der Waals surface area contributed by atoms with Crippen LogP contribution in [0, 0.1) is 0 Å². The summed E-state index contributed by atoms with van der Waals surface area (Å²) in [5.74, 6) is 1.04. The second kappa shape index (κ2) is 8.26. The van der Waals surface area contributed by atoms with Gasteiger partial charge < -0.3 is 24.1 Å². The lowest BCUT2D eigenvalue weighted by Crippen LogP contribution is -2.08. The number of aryl methyl sites for hydroxylation is 1. The number of ether oxygens (including phenoxy) is 4. The van der Waals surface area contributed by atoms with Gasteiger partial charge in [0.15, 0.2) is 23.0 Å². The molecular weight excluding hydrogens is 374 g/mol. The van der Waals surface area contributed by atoms with Crippen molar-refractivity contribution in [2.75, 3.05) is 28.4 Å². The van der Waals surface area contributed by atoms with Crippen LogP contribution < -0.4 is 18.9 Å². The van der Waals surface area contributed by atoms with Crippen molar-refractivity contribution in [2.45, 2.75) is 13.3 Å². The van der Waals surface area contributed by atoms with Gasteiger partial charge in [-0.1, -0.05) is 6.92 Å². The number of carbonyl (C=O) groups is 1. The Hall–Kier alpha value is -3.48. The Kier molecular flexibility index (Phi) is 5.77. The van der Waals surface area contributed by atoms with Gasteiger partial charge in [0.25, 0.3) is 0 Å². The van der Waals surface area contributed by atoms with E-state index in [-0.39, 0.29) is 5.56 Å². The summed E-state index contributed by atoms with van der Waals surface area (Å²) in [6.45, 7) is 1.91. The van der Waals surface area contributed by atoms with Crippen LogP contribution in [-0.2, 0) is 6.42 Å². The summed E-state index contributed by atoms with van der Waals surface area (Å²) >= 11 is 0. The van der Waals surface area contributed by atoms with Crippen LogP contribution in [0.2, 0.25) is 0 Å². The van der Waals surface area contributed by atoms with Crippen molar-refractivity contribution in [3.63, 3.8) is 0 Å². The lowest BCUT2D eigenvalue weighted by Gasteiger charge is -2.17. The number of fused-ring (bicyclic) bond motifs is 1. The second-order valence-electron chi connectivity index (χ2n) is 6.27. The largest absolute Gasteiger partial charge is 0.493 e. The van der Waals surface area contributed by atoms with Crippen LogP contribution in [0.15, 0.2) is 30.3 Å². The zero-order chi connectivity index (χ0) is 21.1. The zero-order valence-corrected chi connectivity index (χ0v) is 17.0. The highest BCUT2D eigenvalue weighted by molar-refractivity contribution is 6.03. The Morgan fingerprint density at radius 1 is 0.897 bits per heavy atom. The Morgan fingerprint density at radius 2 is 1.48 bits per heavy atom. The lowest BCUT2D eigenvalue weighted by molar-refractivity contribution is 0.0696. The van der Waals surface area contributed by atoms with Gasteiger partial charge in [0.05, 0.1) is 45.2 Å². The predicted molar refractivity (Wildman–Crippen MR) is 110 cm³/mol. The van der Waals surface area contributed by atoms with E-state index in [1.165, 1.54) is 7.11 Å². The molecule has 0 aliphatic rings. The number of aromatic nitrogens is 1. The highest BCUT2D eigenvalue weighted by atomic mass is 16.5. The van der Waals surface area contributed by atoms with Crippen LogP contribution in [0.3, 0.4) is 0 Å². The first-order valence-electron chi connectivity index (χ1n) is 9.03. The molecule has 3 rings (SSSR count). The molecule has 29 heavy (non-hydrogen) atoms. The maximum absolute atomic E-state index is 12.2. The molecule has 0 aliphatic heterocycles. The van der Waals surface area contributed by atoms with Crippen LogP contribution >= 0.6 is 0 Å². The molecular formula is C22H23NO6. The first-order valence-corrected chi connectivity index (χ1v) is 9.03. The topological polar surface area (TPSA) is 87.1 Å². The molecule has 1 N–H and O–H groups in total. The van der Waals surface area contributed by atoms with E-state index >= 15 is 0 Å². The number of methoxy groups -OCH3 is 4. The van der Waals surface area contributed by atoms with Crippen LogP contribution in [0.4, 0.5) is 0 Å². The summed E-state index contributed by atoms with van der Waals surface area (Å²) < 4.78 is 21.4. The summed E-state index contributed by atoms with van der Waals surface area (Å²) in [6, 6.07) is 8.74. The third-order valence-electron chi connectivity index (χ3n) is 4.82. The summed E-state index contributed by atoms with van der Waals surface area (Å²) in [4.78, 5) is 16.9. The third kappa shape index (κ3) is 3.51. The van der Waals surface area contributed by atoms with Gasteiger partial charge in [-0.25, -0.2) is 9.78 Å². The van der Waals surface area contributed by atoms with Gasteiger partial charge in [-0.3, -0.25) is 0 Å². The SMILES string of the molecule is CCc1c(C(=O)O)c(-c2ccc(OC)c(OC)c2)nc2cc(OC)c(OC)cc12. The maximum atomic E-state index is 12.2. The molecule has 0 unspecified atom stereocenters. The van der Waals surface area contributed by atoms with Crippen molar-refractivity contribution >= 4 is 16.9 Å². The molecule has 3 aromatic rings. The third-order valence-corrected chi connectivity index (χ3v) is 4.82. The van der Waals surface area contributed by atoms with Crippen molar-refractivity contribution in [3.05, 3.63) is 41.5 Å². The summed E-state index contributed by atoms with van der Waals surface area (Å²) in [5.41, 5.74) is 2.42. The number of rotatable bonds is 7. The fraction of sp³-hybridized carbons (Fsp3) is 0.273. The normalized spacial score (nSPS) is 10.7. The monoisotopic (exact) mass is 397 g/mol. The maximum Gasteiger partial charge on any atom is 0.338 e. The summed E-state index contributed by atoms with van der Waals surface area (Å²) in [5, 5.41) is 10.7. The molecule has 7 nitrogen and oxygen atoms in total. The number of benzene rings is 2. The molecule has 7 heteroatoms. The lowest BCUT2D eigenvalue weighted by atomic mass is 9.94. The first-order chi connectivity index (χ1) is 14.0. The molecule has 0 saturated carbocycles. The van der Waals surface area contributed by atoms with Gasteiger partial charge in [0, 0.05) is 17.0 Å². The van der Waals surface area contributed by atoms with Gasteiger partial charge in [-0.2, -0.15) is 0 Å². The van der Waals surface area contributed by atoms with E-state index in [0.717, 1.165) is 0 Å². The average molecular weight is 397 g/mol. The molecule has 0 radical (unpaired) electrons. The Labute approximate surface area is 168 Å². The molecule has 1 heterocycles. The molecule has 0 atom stereocenters. The van der Waals surface area contributed by atoms with Crippen molar-refractivity contribution in [3.8, 4) is 34.3 Å². The molecule has 0 bridgehead atoms. The number of carboxylic acid groups (broad SMARTS) is 1. The van der Waals surface area contributed by atoms with Gasteiger partial charge in [0.2, 0.25) is 0 Å². The molecule has 0 amide bonds. The van der Waals surface area contributed by atoms with Gasteiger partial charge in [-0.05, 0) is 36.2 Å². The van der Waals surface area contributed by atoms with Crippen molar-refractivity contribution in [1.29, 1.82) is 0 Å². The minimum Gasteiger partial charge on any atom is -0.493 e. The van der Waals surface area contributed by atoms with E-state index in [2.05, 4.69) is 4.98 Å². The smallest absolute Gasteiger partial charge is 0.338 e. The van der Waals surface area contributed by atoms with E-state index in [4.69, 9.17) is 18.9 Å². The quantitative estimate of drug-likeness (QED) is 0.639. The van der Waals surface area contributed by atoms with Crippen LogP contribution in [0.5, 0.6) is 23.0 Å². The number of carboxylic acids is 1. The van der Waals surface area contributed by atoms with Crippen LogP contribution in [0.25, 0.3) is 22.2 Å². The predicted octanol–water partition coefficient (Wildman–Crippen LogP) is 4.20. The van der Waals surface area contributed by atoms with Crippen molar-refractivity contribution < 1.29 is 28.8 Å². The average Bonchev–Trinajstić information content (AvgIpc) is 2.75. The Morgan fingerprint density at radius 3 is 2.03 bits per heavy atom. The van der Waals surface area contributed by atoms with Gasteiger partial charge in [0.1, 0.15) is 0 Å². The van der Waals surface area contributed by atoms with Gasteiger partial charge >= 0.3 is 5.97 Å². The standard InChI is InChI=1S/C22H23NO6/c1-6-13-14-10-18(28-4)19(29-5)11-15(14)23-21(20(13)22(24)25)12-7-8-16(26-2)17(9-12)27-3/h7-11H,6H2,1-5H3,(H,24,25). The Balaban J connectivity index is 2.40. The first kappa shape index (κ1) is 20.3. The number of hydrogen-bond acceptors (Lipinski definition) is 6. The highest BCUT2D eigenvalue weighted by Crippen LogP contribution is 2.39. The fourth-order valence-corrected chi connectivity index (χ4v) is 3.45. The van der Waals surface area contributed by atoms with E-state index < -0.39 is 5.97 Å². The Bertz CT molecular complexity index is 1080. The number of aromatic carboxylic acids is 1. The minimum absolute atomic E-state index is 0.152. The zero-order valence-electron chi connectivity index (χ0n) is 17.0. The van der Waals surface area contributed by atoms with Crippen molar-refractivity contribution in [2.24, 2.45) is 0 Å². The second-order valence-corrected chi connectivity index (χ2v) is 6.27. The van der Waals surface area contributed by atoms with E-state index in [1.807, 2.05) is 6.92 Å². The molecule has 152 valence electrons. The molecule has 0 aliphatic carbocycles. The summed E-state index contributed by atoms with van der Waals surface area (Å²) in [6.07, 6.45) is 0.510. The van der Waals surface area contributed by atoms with Gasteiger partial charge in [-0.15, -0.1) is 0 Å². The number of hydrogen-bond donors (Lipinski definition) is 1. The molecule has 0 spiro atoms. The molecule has 1 aromatic heterocycles. The number of pyridine rings is 1. The number of nitrogens with zero attached hydrogens (tertiary/aromatic N) is 1. The fourth-order valence-electron chi connectivity index (χ4n) is 3.45. The molecule has 0 fully saturated rings. The van der Waals surface area contributed by atoms with E-state index in [9.17, 15) is 9.90 Å². The van der Waals surface area contributed by atoms with Crippen molar-refractivity contribution in [1.82, 2.24) is 4.98 Å². The van der Waals surface area contributed by atoms with Crippen LogP contribution in [0.1, 0.15) is 22.8 Å². The van der Waals surface area contributed by atoms with E-state index in [0.29, 0.717) is 57.1 Å². The molecule has 2 aromatic carbocycles. The molecule has 0 saturated heterocycles.